The normalized spacial score (nSPS) is 24.2. The number of amides is 4. The largest absolute Gasteiger partial charge is 0.416 e. The molecule has 176 valence electrons. The van der Waals surface area contributed by atoms with Crippen molar-refractivity contribution in [2.75, 3.05) is 17.3 Å². The molecule has 0 spiro atoms. The number of carbonyl (C=O) groups excluding carboxylic acids is 3. The third-order valence-corrected chi connectivity index (χ3v) is 8.35. The number of sulfone groups is 1. The van der Waals surface area contributed by atoms with E-state index in [9.17, 15) is 22.8 Å². The molecule has 2 aliphatic rings. The number of hydrazine groups is 1. The van der Waals surface area contributed by atoms with Crippen LogP contribution in [0, 0.1) is 5.92 Å². The Hall–Kier alpha value is -2.93. The molecular formula is C20H23N5O6S2. The Morgan fingerprint density at radius 1 is 1.30 bits per heavy atom. The minimum Gasteiger partial charge on any atom is -0.416 e. The minimum absolute atomic E-state index is 0.0558. The molecule has 1 aromatic carbocycles. The molecule has 0 radical (unpaired) electrons. The summed E-state index contributed by atoms with van der Waals surface area (Å²) in [6, 6.07) is 8.14. The SMILES string of the molecule is CC[C@@]1(c2ccccc2)NC(=O)N(NC(=O)CSc2nnc(C[C@H]3CCS(=O)(=O)C3)o2)C1=O. The summed E-state index contributed by atoms with van der Waals surface area (Å²) in [5.41, 5.74) is 1.73. The van der Waals surface area contributed by atoms with Crippen LogP contribution in [-0.4, -0.2) is 58.7 Å². The van der Waals surface area contributed by atoms with Crippen molar-refractivity contribution in [1.82, 2.24) is 25.9 Å². The zero-order chi connectivity index (χ0) is 23.6. The maximum atomic E-state index is 13.0. The molecular weight excluding hydrogens is 470 g/mol. The van der Waals surface area contributed by atoms with Crippen molar-refractivity contribution in [2.24, 2.45) is 5.92 Å². The van der Waals surface area contributed by atoms with Gasteiger partial charge in [-0.25, -0.2) is 13.2 Å². The molecule has 0 aliphatic carbocycles. The van der Waals surface area contributed by atoms with Gasteiger partial charge in [-0.15, -0.1) is 10.2 Å². The van der Waals surface area contributed by atoms with E-state index in [4.69, 9.17) is 4.42 Å². The first-order valence-electron chi connectivity index (χ1n) is 10.4. The fourth-order valence-corrected chi connectivity index (χ4v) is 6.42. The van der Waals surface area contributed by atoms with Gasteiger partial charge >= 0.3 is 6.03 Å². The van der Waals surface area contributed by atoms with Gasteiger partial charge in [-0.2, -0.15) is 5.01 Å². The van der Waals surface area contributed by atoms with E-state index >= 15 is 0 Å². The number of imide groups is 1. The summed E-state index contributed by atoms with van der Waals surface area (Å²) >= 11 is 0.955. The molecule has 2 aliphatic heterocycles. The molecule has 0 saturated carbocycles. The molecule has 3 heterocycles. The summed E-state index contributed by atoms with van der Waals surface area (Å²) in [4.78, 5) is 37.9. The fraction of sp³-hybridized carbons (Fsp3) is 0.450. The summed E-state index contributed by atoms with van der Waals surface area (Å²) < 4.78 is 28.6. The summed E-state index contributed by atoms with van der Waals surface area (Å²) in [7, 11) is -2.99. The van der Waals surface area contributed by atoms with Crippen LogP contribution in [0.25, 0.3) is 0 Å². The monoisotopic (exact) mass is 493 g/mol. The van der Waals surface area contributed by atoms with Crippen molar-refractivity contribution in [2.45, 2.75) is 36.9 Å². The van der Waals surface area contributed by atoms with Gasteiger partial charge in [0.15, 0.2) is 9.84 Å². The Morgan fingerprint density at radius 3 is 2.73 bits per heavy atom. The number of hydrogen-bond donors (Lipinski definition) is 2. The van der Waals surface area contributed by atoms with E-state index in [0.29, 0.717) is 35.7 Å². The number of rotatable bonds is 8. The second-order valence-electron chi connectivity index (χ2n) is 7.95. The Kier molecular flexibility index (Phi) is 6.43. The van der Waals surface area contributed by atoms with Crippen LogP contribution in [0.5, 0.6) is 0 Å². The second kappa shape index (κ2) is 9.14. The first-order valence-corrected chi connectivity index (χ1v) is 13.2. The van der Waals surface area contributed by atoms with Crippen molar-refractivity contribution >= 4 is 39.4 Å². The number of thioether (sulfide) groups is 1. The third-order valence-electron chi connectivity index (χ3n) is 5.69. The number of nitrogens with one attached hydrogen (secondary N) is 2. The number of urea groups is 1. The van der Waals surface area contributed by atoms with Gasteiger partial charge in [0, 0.05) is 6.42 Å². The Labute approximate surface area is 194 Å². The van der Waals surface area contributed by atoms with Crippen molar-refractivity contribution in [3.63, 3.8) is 0 Å². The highest BCUT2D eigenvalue weighted by atomic mass is 32.2. The molecule has 1 aromatic heterocycles. The van der Waals surface area contributed by atoms with Gasteiger partial charge in [-0.3, -0.25) is 15.0 Å². The number of aromatic nitrogens is 2. The maximum absolute atomic E-state index is 13.0. The highest BCUT2D eigenvalue weighted by Crippen LogP contribution is 2.31. The topological polar surface area (TPSA) is 152 Å². The predicted molar refractivity (Wildman–Crippen MR) is 117 cm³/mol. The summed E-state index contributed by atoms with van der Waals surface area (Å²) in [5.74, 6) is -0.796. The van der Waals surface area contributed by atoms with E-state index in [1.54, 1.807) is 31.2 Å². The Bertz CT molecular complexity index is 1170. The highest BCUT2D eigenvalue weighted by molar-refractivity contribution is 7.99. The van der Waals surface area contributed by atoms with Gasteiger partial charge in [-0.05, 0) is 24.3 Å². The van der Waals surface area contributed by atoms with E-state index in [1.807, 2.05) is 6.07 Å². The molecule has 2 fully saturated rings. The predicted octanol–water partition coefficient (Wildman–Crippen LogP) is 1.03. The molecule has 2 aromatic rings. The standard InChI is InChI=1S/C20H23N5O6S2/c1-2-20(14-6-4-3-5-7-14)17(27)25(18(28)21-20)24-15(26)11-32-19-23-22-16(31-19)10-13-8-9-33(29,30)12-13/h3-7,13H,2,8-12H2,1H3,(H,21,28)(H,24,26)/t13-,20+/m1/s1. The van der Waals surface area contributed by atoms with E-state index in [1.165, 1.54) is 0 Å². The highest BCUT2D eigenvalue weighted by Gasteiger charge is 2.52. The first-order chi connectivity index (χ1) is 15.7. The molecule has 4 amide bonds. The van der Waals surface area contributed by atoms with Crippen LogP contribution >= 0.6 is 11.8 Å². The van der Waals surface area contributed by atoms with Crippen molar-refractivity contribution in [1.29, 1.82) is 0 Å². The maximum Gasteiger partial charge on any atom is 0.344 e. The lowest BCUT2D eigenvalue weighted by Gasteiger charge is -2.25. The van der Waals surface area contributed by atoms with Crippen LogP contribution in [0.2, 0.25) is 0 Å². The number of carbonyl (C=O) groups is 3. The second-order valence-corrected chi connectivity index (χ2v) is 11.1. The summed E-state index contributed by atoms with van der Waals surface area (Å²) in [5, 5.41) is 11.3. The van der Waals surface area contributed by atoms with Crippen LogP contribution in [0.15, 0.2) is 40.0 Å². The van der Waals surface area contributed by atoms with Crippen LogP contribution in [0.3, 0.4) is 0 Å². The lowest BCUT2D eigenvalue weighted by Crippen LogP contribution is -2.49. The lowest BCUT2D eigenvalue weighted by molar-refractivity contribution is -0.138. The van der Waals surface area contributed by atoms with Crippen molar-refractivity contribution in [3.05, 3.63) is 41.8 Å². The molecule has 13 heteroatoms. The fourth-order valence-electron chi connectivity index (χ4n) is 3.98. The molecule has 11 nitrogen and oxygen atoms in total. The van der Waals surface area contributed by atoms with Crippen molar-refractivity contribution in [3.8, 4) is 0 Å². The van der Waals surface area contributed by atoms with Crippen molar-refractivity contribution < 1.29 is 27.2 Å². The third kappa shape index (κ3) is 4.88. The zero-order valence-electron chi connectivity index (χ0n) is 17.8. The average molecular weight is 494 g/mol. The Morgan fingerprint density at radius 2 is 2.06 bits per heavy atom. The van der Waals surface area contributed by atoms with Crippen LogP contribution in [0.1, 0.15) is 31.2 Å². The number of benzene rings is 1. The summed E-state index contributed by atoms with van der Waals surface area (Å²) in [6.45, 7) is 1.78. The Balaban J connectivity index is 1.33. The van der Waals surface area contributed by atoms with Crippen LogP contribution in [-0.2, 0) is 31.4 Å². The first kappa shape index (κ1) is 23.2. The molecule has 2 N–H and O–H groups in total. The van der Waals surface area contributed by atoms with E-state index < -0.39 is 33.2 Å². The van der Waals surface area contributed by atoms with Gasteiger partial charge in [0.25, 0.3) is 11.1 Å². The molecule has 0 bridgehead atoms. The van der Waals surface area contributed by atoms with E-state index in [0.717, 1.165) is 11.8 Å². The smallest absolute Gasteiger partial charge is 0.344 e. The molecule has 0 unspecified atom stereocenters. The minimum atomic E-state index is -2.99. The molecule has 2 atom stereocenters. The lowest BCUT2D eigenvalue weighted by atomic mass is 9.87. The summed E-state index contributed by atoms with van der Waals surface area (Å²) in [6.07, 6.45) is 1.24. The van der Waals surface area contributed by atoms with E-state index in [2.05, 4.69) is 20.9 Å². The van der Waals surface area contributed by atoms with Crippen LogP contribution in [0.4, 0.5) is 4.79 Å². The van der Waals surface area contributed by atoms with Gasteiger partial charge in [0.1, 0.15) is 5.54 Å². The molecule has 33 heavy (non-hydrogen) atoms. The zero-order valence-corrected chi connectivity index (χ0v) is 19.4. The van der Waals surface area contributed by atoms with E-state index in [-0.39, 0.29) is 28.4 Å². The van der Waals surface area contributed by atoms with Gasteiger partial charge < -0.3 is 9.73 Å². The number of nitrogens with zero attached hydrogens (tertiary/aromatic N) is 3. The van der Waals surface area contributed by atoms with Gasteiger partial charge in [-0.1, -0.05) is 49.0 Å². The number of hydrogen-bond acceptors (Lipinski definition) is 9. The quantitative estimate of drug-likeness (QED) is 0.406. The average Bonchev–Trinajstić information content (AvgIpc) is 3.45. The molecule has 4 rings (SSSR count). The van der Waals surface area contributed by atoms with Gasteiger partial charge in [0.2, 0.25) is 11.8 Å². The van der Waals surface area contributed by atoms with Crippen LogP contribution < -0.4 is 10.7 Å². The molecule has 2 saturated heterocycles. The van der Waals surface area contributed by atoms with Gasteiger partial charge in [0.05, 0.1) is 17.3 Å².